The lowest BCUT2D eigenvalue weighted by atomic mass is 10.1. The minimum absolute atomic E-state index is 0.119. The molecule has 1 saturated heterocycles. The molecule has 3 aromatic carbocycles. The van der Waals surface area contributed by atoms with Crippen LogP contribution in [0.1, 0.15) is 70.4 Å². The van der Waals surface area contributed by atoms with Gasteiger partial charge in [-0.2, -0.15) is 0 Å². The van der Waals surface area contributed by atoms with Gasteiger partial charge in [-0.15, -0.1) is 0 Å². The SMILES string of the molecule is Cc1ccc(N(N)C(=O)c2ccc(CCNC(=O)c3cc(Cl)ccc3N3CCCCCCCC3)cc2)cc1. The van der Waals surface area contributed by atoms with Gasteiger partial charge in [0, 0.05) is 35.9 Å². The van der Waals surface area contributed by atoms with E-state index in [1.54, 1.807) is 18.2 Å². The number of nitrogens with one attached hydrogen (secondary N) is 1. The van der Waals surface area contributed by atoms with Crippen molar-refractivity contribution in [3.05, 3.63) is 94.0 Å². The summed E-state index contributed by atoms with van der Waals surface area (Å²) in [6, 6.07) is 20.4. The van der Waals surface area contributed by atoms with Crippen LogP contribution in [0, 0.1) is 6.92 Å². The van der Waals surface area contributed by atoms with E-state index in [1.165, 1.54) is 25.7 Å². The number of aryl methyl sites for hydroxylation is 1. The van der Waals surface area contributed by atoms with Gasteiger partial charge >= 0.3 is 0 Å². The Kier molecular flexibility index (Phi) is 9.79. The summed E-state index contributed by atoms with van der Waals surface area (Å²) in [6.45, 7) is 4.37. The van der Waals surface area contributed by atoms with Crippen LogP contribution in [0.2, 0.25) is 5.02 Å². The quantitative estimate of drug-likeness (QED) is 0.212. The number of nitrogens with zero attached hydrogens (tertiary/aromatic N) is 2. The van der Waals surface area contributed by atoms with Crippen LogP contribution < -0.4 is 21.1 Å². The van der Waals surface area contributed by atoms with Crippen LogP contribution in [0.4, 0.5) is 11.4 Å². The molecule has 0 aromatic heterocycles. The minimum atomic E-state index is -0.276. The van der Waals surface area contributed by atoms with Crippen molar-refractivity contribution < 1.29 is 9.59 Å². The molecule has 0 radical (unpaired) electrons. The maximum Gasteiger partial charge on any atom is 0.272 e. The average Bonchev–Trinajstić information content (AvgIpc) is 3.07. The Hall–Kier alpha value is -3.35. The predicted molar refractivity (Wildman–Crippen MR) is 156 cm³/mol. The average molecular weight is 533 g/mol. The van der Waals surface area contributed by atoms with E-state index >= 15 is 0 Å². The van der Waals surface area contributed by atoms with Gasteiger partial charge in [0.05, 0.1) is 11.3 Å². The number of carbonyl (C=O) groups excluding carboxylic acids is 2. The highest BCUT2D eigenvalue weighted by Gasteiger charge is 2.18. The Morgan fingerprint density at radius 3 is 2.18 bits per heavy atom. The Bertz CT molecular complexity index is 1220. The van der Waals surface area contributed by atoms with Gasteiger partial charge in [-0.05, 0) is 74.2 Å². The standard InChI is InChI=1S/C31H37ClN4O2/c1-23-8-15-27(16-9-23)36(33)31(38)25-12-10-24(11-13-25)18-19-34-30(37)28-22-26(32)14-17-29(28)35-20-6-4-2-3-5-7-21-35/h8-17,22H,2-7,18-21,33H2,1H3,(H,34,37). The molecule has 3 aromatic rings. The molecule has 7 heteroatoms. The summed E-state index contributed by atoms with van der Waals surface area (Å²) in [5.74, 6) is 5.66. The fourth-order valence-electron chi connectivity index (χ4n) is 4.82. The normalized spacial score (nSPS) is 14.2. The summed E-state index contributed by atoms with van der Waals surface area (Å²) in [5, 5.41) is 4.77. The Balaban J connectivity index is 1.35. The Morgan fingerprint density at radius 2 is 1.53 bits per heavy atom. The number of rotatable bonds is 7. The molecule has 0 bridgehead atoms. The molecule has 1 aliphatic rings. The molecule has 1 fully saturated rings. The van der Waals surface area contributed by atoms with Crippen molar-refractivity contribution >= 4 is 34.8 Å². The smallest absolute Gasteiger partial charge is 0.272 e. The molecule has 200 valence electrons. The first-order valence-electron chi connectivity index (χ1n) is 13.5. The van der Waals surface area contributed by atoms with Crippen LogP contribution in [-0.4, -0.2) is 31.4 Å². The third-order valence-electron chi connectivity index (χ3n) is 7.08. The van der Waals surface area contributed by atoms with Crippen molar-refractivity contribution in [3.63, 3.8) is 0 Å². The molecule has 38 heavy (non-hydrogen) atoms. The van der Waals surface area contributed by atoms with Crippen LogP contribution in [0.5, 0.6) is 0 Å². The fourth-order valence-corrected chi connectivity index (χ4v) is 4.99. The second-order valence-corrected chi connectivity index (χ2v) is 10.4. The van der Waals surface area contributed by atoms with E-state index in [9.17, 15) is 9.59 Å². The van der Waals surface area contributed by atoms with E-state index in [0.717, 1.165) is 47.8 Å². The van der Waals surface area contributed by atoms with Crippen LogP contribution >= 0.6 is 11.6 Å². The van der Waals surface area contributed by atoms with E-state index in [0.29, 0.717) is 34.8 Å². The van der Waals surface area contributed by atoms with Gasteiger partial charge in [0.1, 0.15) is 0 Å². The van der Waals surface area contributed by atoms with Gasteiger partial charge in [0.2, 0.25) is 0 Å². The summed E-state index contributed by atoms with van der Waals surface area (Å²) in [5.41, 5.74) is 4.85. The van der Waals surface area contributed by atoms with E-state index in [2.05, 4.69) is 10.2 Å². The lowest BCUT2D eigenvalue weighted by Gasteiger charge is -2.26. The van der Waals surface area contributed by atoms with Crippen molar-refractivity contribution in [2.45, 2.75) is 51.9 Å². The molecule has 0 spiro atoms. The van der Waals surface area contributed by atoms with Gasteiger partial charge < -0.3 is 10.2 Å². The number of hydrogen-bond donors (Lipinski definition) is 2. The zero-order valence-corrected chi connectivity index (χ0v) is 22.8. The van der Waals surface area contributed by atoms with Gasteiger partial charge in [0.15, 0.2) is 0 Å². The second kappa shape index (κ2) is 13.4. The molecule has 3 N–H and O–H groups in total. The maximum absolute atomic E-state index is 13.2. The van der Waals surface area contributed by atoms with Crippen molar-refractivity contribution in [1.82, 2.24) is 5.32 Å². The number of benzene rings is 3. The highest BCUT2D eigenvalue weighted by molar-refractivity contribution is 6.31. The lowest BCUT2D eigenvalue weighted by Crippen LogP contribution is -2.37. The highest BCUT2D eigenvalue weighted by Crippen LogP contribution is 2.26. The van der Waals surface area contributed by atoms with E-state index in [1.807, 2.05) is 55.5 Å². The molecule has 1 aliphatic heterocycles. The molecular formula is C31H37ClN4O2. The zero-order valence-electron chi connectivity index (χ0n) is 22.1. The van der Waals surface area contributed by atoms with Crippen LogP contribution in [-0.2, 0) is 6.42 Å². The predicted octanol–water partition coefficient (Wildman–Crippen LogP) is 6.30. The number of nitrogens with two attached hydrogens (primary N) is 1. The van der Waals surface area contributed by atoms with Crippen LogP contribution in [0.3, 0.4) is 0 Å². The summed E-state index contributed by atoms with van der Waals surface area (Å²) in [7, 11) is 0. The molecular weight excluding hydrogens is 496 g/mol. The van der Waals surface area contributed by atoms with E-state index in [4.69, 9.17) is 17.4 Å². The summed E-state index contributed by atoms with van der Waals surface area (Å²) < 4.78 is 0. The first kappa shape index (κ1) is 27.7. The van der Waals surface area contributed by atoms with E-state index < -0.39 is 0 Å². The summed E-state index contributed by atoms with van der Waals surface area (Å²) in [6.07, 6.45) is 7.94. The zero-order chi connectivity index (χ0) is 26.9. The van der Waals surface area contributed by atoms with Crippen molar-refractivity contribution in [2.24, 2.45) is 5.84 Å². The monoisotopic (exact) mass is 532 g/mol. The van der Waals surface area contributed by atoms with Gasteiger partial charge in [-0.3, -0.25) is 9.59 Å². The first-order valence-corrected chi connectivity index (χ1v) is 13.9. The molecule has 4 rings (SSSR count). The highest BCUT2D eigenvalue weighted by atomic mass is 35.5. The second-order valence-electron chi connectivity index (χ2n) is 9.98. The van der Waals surface area contributed by atoms with Crippen molar-refractivity contribution in [1.29, 1.82) is 0 Å². The largest absolute Gasteiger partial charge is 0.371 e. The van der Waals surface area contributed by atoms with Crippen molar-refractivity contribution in [2.75, 3.05) is 29.5 Å². The third kappa shape index (κ3) is 7.36. The molecule has 1 heterocycles. The molecule has 0 saturated carbocycles. The molecule has 6 nitrogen and oxygen atoms in total. The molecule has 0 unspecified atom stereocenters. The Labute approximate surface area is 230 Å². The first-order chi connectivity index (χ1) is 18.4. The van der Waals surface area contributed by atoms with Crippen LogP contribution in [0.15, 0.2) is 66.7 Å². The molecule has 2 amide bonds. The topological polar surface area (TPSA) is 78.7 Å². The van der Waals surface area contributed by atoms with Crippen LogP contribution in [0.25, 0.3) is 0 Å². The third-order valence-corrected chi connectivity index (χ3v) is 7.32. The minimum Gasteiger partial charge on any atom is -0.371 e. The molecule has 0 aliphatic carbocycles. The van der Waals surface area contributed by atoms with Gasteiger partial charge in [0.25, 0.3) is 11.8 Å². The van der Waals surface area contributed by atoms with Gasteiger partial charge in [-0.25, -0.2) is 10.9 Å². The number of hydrogen-bond acceptors (Lipinski definition) is 4. The lowest BCUT2D eigenvalue weighted by molar-refractivity contribution is 0.0953. The number of amides is 2. The Morgan fingerprint density at radius 1 is 0.895 bits per heavy atom. The summed E-state index contributed by atoms with van der Waals surface area (Å²) in [4.78, 5) is 28.3. The van der Waals surface area contributed by atoms with E-state index in [-0.39, 0.29) is 11.8 Å². The molecule has 0 atom stereocenters. The van der Waals surface area contributed by atoms with Crippen molar-refractivity contribution in [3.8, 4) is 0 Å². The summed E-state index contributed by atoms with van der Waals surface area (Å²) >= 11 is 6.28. The fraction of sp³-hybridized carbons (Fsp3) is 0.355. The number of carbonyl (C=O) groups is 2. The maximum atomic E-state index is 13.2. The number of anilines is 2. The van der Waals surface area contributed by atoms with Gasteiger partial charge in [-0.1, -0.05) is 67.1 Å². The number of halogens is 1. The number of hydrazine groups is 1.